The normalized spacial score (nSPS) is 9.05. The van der Waals surface area contributed by atoms with Crippen molar-refractivity contribution in [3.05, 3.63) is 24.3 Å². The van der Waals surface area contributed by atoms with Crippen LogP contribution in [0.2, 0.25) is 0 Å². The molecule has 1 aromatic rings. The van der Waals surface area contributed by atoms with Crippen LogP contribution in [0.5, 0.6) is 0 Å². The van der Waals surface area contributed by atoms with E-state index in [4.69, 9.17) is 9.59 Å². The van der Waals surface area contributed by atoms with Gasteiger partial charge in [-0.1, -0.05) is 67.8 Å². The molecule has 0 aliphatic heterocycles. The fourth-order valence-electron chi connectivity index (χ4n) is 2.13. The molecule has 21 heavy (non-hydrogen) atoms. The summed E-state index contributed by atoms with van der Waals surface area (Å²) in [5.41, 5.74) is 0. The summed E-state index contributed by atoms with van der Waals surface area (Å²) in [7, 11) is 0.200. The van der Waals surface area contributed by atoms with E-state index in [1.54, 1.807) is 10.6 Å². The summed E-state index contributed by atoms with van der Waals surface area (Å²) in [6.45, 7) is 18.4. The second kappa shape index (κ2) is 18.0. The van der Waals surface area contributed by atoms with Crippen molar-refractivity contribution in [2.75, 3.05) is 24.6 Å². The van der Waals surface area contributed by atoms with Crippen LogP contribution in [0.1, 0.15) is 27.7 Å². The topological polar surface area (TPSA) is 34.1 Å². The minimum atomic E-state index is 0. The van der Waals surface area contributed by atoms with E-state index in [9.17, 15) is 0 Å². The largest absolute Gasteiger partial charge is 0.281 e. The molecule has 0 saturated carbocycles. The Bertz CT molecular complexity index is 310. The van der Waals surface area contributed by atoms with Gasteiger partial charge in [0.25, 0.3) is 13.6 Å². The molecule has 1 rings (SSSR count). The predicted molar refractivity (Wildman–Crippen MR) is 93.1 cm³/mol. The summed E-state index contributed by atoms with van der Waals surface area (Å²) in [6, 6.07) is 9.21. The number of hydrogen-bond acceptors (Lipinski definition) is 2. The fraction of sp³-hybridized carbons (Fsp3) is 0.500. The predicted octanol–water partition coefficient (Wildman–Crippen LogP) is 3.18. The molecule has 5 heteroatoms. The van der Waals surface area contributed by atoms with Crippen LogP contribution in [-0.2, 0) is 26.1 Å². The van der Waals surface area contributed by atoms with Crippen LogP contribution in [0, 0.1) is 0 Å². The van der Waals surface area contributed by atoms with Gasteiger partial charge in [-0.3, -0.25) is 9.59 Å². The quantitative estimate of drug-likeness (QED) is 0.570. The van der Waals surface area contributed by atoms with Gasteiger partial charge in [-0.05, 0) is 35.3 Å². The smallest absolute Gasteiger partial charge is 0.281 e. The Morgan fingerprint density at radius 2 is 0.952 bits per heavy atom. The Balaban J connectivity index is -0.000000595. The van der Waals surface area contributed by atoms with Crippen molar-refractivity contribution in [3.8, 4) is 0 Å². The zero-order chi connectivity index (χ0) is 16.0. The Hall–Kier alpha value is -0.0865. The van der Waals surface area contributed by atoms with Crippen LogP contribution < -0.4 is 10.6 Å². The van der Waals surface area contributed by atoms with Gasteiger partial charge in [0.1, 0.15) is 0 Å². The average Bonchev–Trinajstić information content (AvgIpc) is 2.55. The van der Waals surface area contributed by atoms with Crippen LogP contribution in [-0.4, -0.2) is 38.2 Å². The molecule has 0 heterocycles. The number of rotatable bonds is 6. The van der Waals surface area contributed by atoms with Gasteiger partial charge in [-0.2, -0.15) is 0 Å². The molecule has 2 nitrogen and oxygen atoms in total. The van der Waals surface area contributed by atoms with Crippen molar-refractivity contribution in [1.82, 2.24) is 0 Å². The first-order chi connectivity index (χ1) is 9.78. The van der Waals surface area contributed by atoms with E-state index >= 15 is 0 Å². The van der Waals surface area contributed by atoms with Crippen molar-refractivity contribution in [1.29, 1.82) is 0 Å². The van der Waals surface area contributed by atoms with E-state index in [1.807, 2.05) is 0 Å². The van der Waals surface area contributed by atoms with E-state index in [-0.39, 0.29) is 32.3 Å². The zero-order valence-corrected chi connectivity index (χ0v) is 15.9. The van der Waals surface area contributed by atoms with E-state index < -0.39 is 0 Å². The van der Waals surface area contributed by atoms with Crippen molar-refractivity contribution in [2.45, 2.75) is 27.7 Å². The molecule has 0 spiro atoms. The molecule has 0 bridgehead atoms. The maximum Gasteiger partial charge on any atom is 0.281 e. The summed E-state index contributed by atoms with van der Waals surface area (Å²) in [5, 5.41) is 3.38. The molecule has 4 radical (unpaired) electrons. The third-order valence-electron chi connectivity index (χ3n) is 3.09. The van der Waals surface area contributed by atoms with Crippen molar-refractivity contribution in [2.24, 2.45) is 0 Å². The van der Waals surface area contributed by atoms with Gasteiger partial charge in [0.05, 0.1) is 0 Å². The minimum absolute atomic E-state index is 0. The van der Waals surface area contributed by atoms with E-state index in [0.717, 1.165) is 0 Å². The van der Waals surface area contributed by atoms with Crippen LogP contribution in [0.3, 0.4) is 0 Å². The maximum atomic E-state index is 7.50. The molecule has 0 saturated heterocycles. The number of carbonyl (C=O) groups excluding carboxylic acids is 2. The van der Waals surface area contributed by atoms with Gasteiger partial charge in [-0.25, -0.2) is 0 Å². The first-order valence-corrected chi connectivity index (χ1v) is 10.2. The summed E-state index contributed by atoms with van der Waals surface area (Å²) in [4.78, 5) is 15.0. The Labute approximate surface area is 142 Å². The molecule has 0 atom stereocenters. The fourth-order valence-corrected chi connectivity index (χ4v) is 6.62. The molecule has 0 N–H and O–H groups in total. The van der Waals surface area contributed by atoms with Crippen molar-refractivity contribution in [3.63, 3.8) is 0 Å². The number of benzene rings is 1. The van der Waals surface area contributed by atoms with E-state index in [2.05, 4.69) is 65.5 Å². The molecule has 0 fully saturated rings. The van der Waals surface area contributed by atoms with Crippen molar-refractivity contribution < 1.29 is 26.1 Å². The molecular weight excluding hydrogens is 345 g/mol. The monoisotopic (exact) mass is 368 g/mol. The molecule has 0 amide bonds. The standard InChI is InChI=1S/C14H24P2.2CO.Ni/c1-5-15(6-2)13-11-9-10-12-14(13)16(7-3)8-4;2*1-2;/h9-12H,5-8H2,1-4H3;;;. The SMILES string of the molecule is CCP(CC)c1ccccc1P(CC)CC.[C]=O.[C]=O.[Ni]. The first-order valence-electron chi connectivity index (χ1n) is 6.78. The third kappa shape index (κ3) is 8.82. The second-order valence-electron chi connectivity index (χ2n) is 3.83. The van der Waals surface area contributed by atoms with Crippen LogP contribution >= 0.6 is 15.8 Å². The Morgan fingerprint density at radius 1 is 0.714 bits per heavy atom. The summed E-state index contributed by atoms with van der Waals surface area (Å²) in [5.74, 6) is 0. The van der Waals surface area contributed by atoms with Gasteiger partial charge in [-0.15, -0.1) is 0 Å². The molecular formula is C16H24NiO2P2. The van der Waals surface area contributed by atoms with E-state index in [0.29, 0.717) is 0 Å². The van der Waals surface area contributed by atoms with Gasteiger partial charge < -0.3 is 0 Å². The van der Waals surface area contributed by atoms with Crippen LogP contribution in [0.4, 0.5) is 0 Å². The summed E-state index contributed by atoms with van der Waals surface area (Å²) in [6.07, 6.45) is 5.33. The molecule has 1 aromatic carbocycles. The molecule has 0 aliphatic rings. The summed E-state index contributed by atoms with van der Waals surface area (Å²) < 4.78 is 0. The molecule has 0 aliphatic carbocycles. The van der Waals surface area contributed by atoms with Gasteiger partial charge in [0, 0.05) is 16.5 Å². The van der Waals surface area contributed by atoms with E-state index in [1.165, 1.54) is 24.6 Å². The zero-order valence-electron chi connectivity index (χ0n) is 13.2. The maximum absolute atomic E-state index is 7.50. The van der Waals surface area contributed by atoms with Crippen LogP contribution in [0.25, 0.3) is 0 Å². The molecule has 120 valence electrons. The average molecular weight is 369 g/mol. The van der Waals surface area contributed by atoms with Gasteiger partial charge in [0.2, 0.25) is 0 Å². The third-order valence-corrected chi connectivity index (χ3v) is 8.46. The summed E-state index contributed by atoms with van der Waals surface area (Å²) >= 11 is 0. The minimum Gasteiger partial charge on any atom is -0.281 e. The van der Waals surface area contributed by atoms with Gasteiger partial charge >= 0.3 is 0 Å². The Morgan fingerprint density at radius 3 is 1.14 bits per heavy atom. The molecule has 0 unspecified atom stereocenters. The Kier molecular flexibility index (Phi) is 22.1. The van der Waals surface area contributed by atoms with Crippen molar-refractivity contribution >= 4 is 40.0 Å². The number of hydrogen-bond donors (Lipinski definition) is 0. The molecule has 0 aromatic heterocycles. The van der Waals surface area contributed by atoms with Gasteiger partial charge in [0.15, 0.2) is 0 Å². The second-order valence-corrected chi connectivity index (χ2v) is 9.49. The first kappa shape index (κ1) is 25.8. The van der Waals surface area contributed by atoms with Crippen LogP contribution in [0.15, 0.2) is 24.3 Å².